The molecule has 1 fully saturated rings. The van der Waals surface area contributed by atoms with Crippen LogP contribution in [0.3, 0.4) is 0 Å². The molecule has 0 amide bonds. The molecule has 1 aromatic carbocycles. The molecule has 1 aliphatic heterocycles. The minimum absolute atomic E-state index is 0.0266. The number of nitrogens with two attached hydrogens (primary N) is 1. The Kier molecular flexibility index (Phi) is 3.14. The van der Waals surface area contributed by atoms with Gasteiger partial charge < -0.3 is 15.2 Å². The zero-order valence-electron chi connectivity index (χ0n) is 8.06. The molecule has 76 valence electrons. The summed E-state index contributed by atoms with van der Waals surface area (Å²) in [7, 11) is 0. The van der Waals surface area contributed by atoms with Crippen molar-refractivity contribution in [2.24, 2.45) is 5.73 Å². The smallest absolute Gasteiger partial charge is 0.0985 e. The number of hydrogen-bond acceptors (Lipinski definition) is 3. The first-order valence-corrected chi connectivity index (χ1v) is 4.85. The molecule has 0 aliphatic carbocycles. The highest BCUT2D eigenvalue weighted by molar-refractivity contribution is 5.13. The molecule has 0 unspecified atom stereocenters. The van der Waals surface area contributed by atoms with Crippen molar-refractivity contribution in [2.45, 2.75) is 18.8 Å². The van der Waals surface area contributed by atoms with Gasteiger partial charge in [0.15, 0.2) is 0 Å². The van der Waals surface area contributed by atoms with Crippen LogP contribution in [0.5, 0.6) is 0 Å². The molecule has 0 aromatic heterocycles. The van der Waals surface area contributed by atoms with Gasteiger partial charge in [0.2, 0.25) is 0 Å². The van der Waals surface area contributed by atoms with E-state index in [1.165, 1.54) is 5.56 Å². The molecular weight excluding hydrogens is 178 g/mol. The molecule has 1 aromatic rings. The van der Waals surface area contributed by atoms with Gasteiger partial charge in [-0.1, -0.05) is 30.3 Å². The summed E-state index contributed by atoms with van der Waals surface area (Å²) in [5, 5.41) is 0. The molecule has 1 aliphatic rings. The molecule has 0 radical (unpaired) electrons. The van der Waals surface area contributed by atoms with E-state index in [1.807, 2.05) is 30.3 Å². The van der Waals surface area contributed by atoms with Gasteiger partial charge >= 0.3 is 0 Å². The van der Waals surface area contributed by atoms with E-state index in [1.54, 1.807) is 0 Å². The molecule has 0 saturated carbocycles. The minimum atomic E-state index is 0.0266. The van der Waals surface area contributed by atoms with Crippen LogP contribution in [0.4, 0.5) is 0 Å². The average Bonchev–Trinajstić information content (AvgIpc) is 2.63. The minimum Gasteiger partial charge on any atom is -0.377 e. The topological polar surface area (TPSA) is 44.5 Å². The van der Waals surface area contributed by atoms with Gasteiger partial charge in [0.05, 0.1) is 32.0 Å². The second-order valence-electron chi connectivity index (χ2n) is 3.54. The van der Waals surface area contributed by atoms with E-state index < -0.39 is 0 Å². The molecule has 2 N–H and O–H groups in total. The summed E-state index contributed by atoms with van der Waals surface area (Å²) in [6, 6.07) is 10.1. The van der Waals surface area contributed by atoms with Crippen LogP contribution in [0.25, 0.3) is 0 Å². The fraction of sp³-hybridized carbons (Fsp3) is 0.455. The van der Waals surface area contributed by atoms with E-state index in [0.29, 0.717) is 19.8 Å². The second-order valence-corrected chi connectivity index (χ2v) is 3.54. The lowest BCUT2D eigenvalue weighted by Gasteiger charge is -2.14. The molecule has 1 saturated heterocycles. The van der Waals surface area contributed by atoms with Gasteiger partial charge in [0.25, 0.3) is 0 Å². The first-order valence-electron chi connectivity index (χ1n) is 4.85. The van der Waals surface area contributed by atoms with Crippen LogP contribution in [0.1, 0.15) is 5.56 Å². The Hall–Kier alpha value is -0.900. The van der Waals surface area contributed by atoms with Gasteiger partial charge in [-0.25, -0.2) is 0 Å². The highest BCUT2D eigenvalue weighted by atomic mass is 16.5. The van der Waals surface area contributed by atoms with Gasteiger partial charge in [-0.05, 0) is 5.56 Å². The molecule has 3 heteroatoms. The summed E-state index contributed by atoms with van der Waals surface area (Å²) >= 11 is 0. The van der Waals surface area contributed by atoms with Crippen LogP contribution in [0.2, 0.25) is 0 Å². The van der Waals surface area contributed by atoms with Crippen LogP contribution in [-0.4, -0.2) is 25.4 Å². The first-order chi connectivity index (χ1) is 6.86. The molecule has 14 heavy (non-hydrogen) atoms. The van der Waals surface area contributed by atoms with Crippen molar-refractivity contribution in [3.63, 3.8) is 0 Å². The molecule has 1 heterocycles. The fourth-order valence-corrected chi connectivity index (χ4v) is 1.50. The highest BCUT2D eigenvalue weighted by Gasteiger charge is 2.25. The van der Waals surface area contributed by atoms with Crippen LogP contribution in [0.15, 0.2) is 30.3 Å². The van der Waals surface area contributed by atoms with Gasteiger partial charge in [0.1, 0.15) is 0 Å². The Bertz CT molecular complexity index is 276. The van der Waals surface area contributed by atoms with Gasteiger partial charge in [-0.2, -0.15) is 0 Å². The van der Waals surface area contributed by atoms with Crippen molar-refractivity contribution >= 4 is 0 Å². The van der Waals surface area contributed by atoms with Crippen molar-refractivity contribution in [3.05, 3.63) is 35.9 Å². The fourth-order valence-electron chi connectivity index (χ4n) is 1.50. The molecule has 0 bridgehead atoms. The Morgan fingerprint density at radius 1 is 1.29 bits per heavy atom. The zero-order valence-corrected chi connectivity index (χ0v) is 8.06. The van der Waals surface area contributed by atoms with Crippen molar-refractivity contribution in [1.29, 1.82) is 0 Å². The Labute approximate surface area is 83.8 Å². The van der Waals surface area contributed by atoms with E-state index in [-0.39, 0.29) is 12.1 Å². The quantitative estimate of drug-likeness (QED) is 0.776. The van der Waals surface area contributed by atoms with E-state index in [9.17, 15) is 0 Å². The second kappa shape index (κ2) is 4.55. The van der Waals surface area contributed by atoms with E-state index in [2.05, 4.69) is 0 Å². The van der Waals surface area contributed by atoms with Crippen molar-refractivity contribution < 1.29 is 9.47 Å². The van der Waals surface area contributed by atoms with Crippen LogP contribution >= 0.6 is 0 Å². The van der Waals surface area contributed by atoms with Crippen LogP contribution in [0, 0.1) is 0 Å². The van der Waals surface area contributed by atoms with Gasteiger partial charge in [-0.15, -0.1) is 0 Å². The summed E-state index contributed by atoms with van der Waals surface area (Å²) in [5.74, 6) is 0. The highest BCUT2D eigenvalue weighted by Crippen LogP contribution is 2.10. The molecule has 3 nitrogen and oxygen atoms in total. The molecule has 0 spiro atoms. The largest absolute Gasteiger partial charge is 0.377 e. The SMILES string of the molecule is N[C@@H]1COC[C@H]1OCc1ccccc1. The number of rotatable bonds is 3. The number of ether oxygens (including phenoxy) is 2. The Morgan fingerprint density at radius 3 is 2.71 bits per heavy atom. The standard InChI is InChI=1S/C11H15NO2/c12-10-7-13-8-11(10)14-6-9-4-2-1-3-5-9/h1-5,10-11H,6-8,12H2/t10-,11-/m1/s1. The van der Waals surface area contributed by atoms with Crippen molar-refractivity contribution in [1.82, 2.24) is 0 Å². The maximum Gasteiger partial charge on any atom is 0.0985 e. The zero-order chi connectivity index (χ0) is 9.80. The third-order valence-corrected chi connectivity index (χ3v) is 2.38. The third-order valence-electron chi connectivity index (χ3n) is 2.38. The summed E-state index contributed by atoms with van der Waals surface area (Å²) in [5.41, 5.74) is 6.97. The Morgan fingerprint density at radius 2 is 2.07 bits per heavy atom. The first kappa shape index (κ1) is 9.65. The van der Waals surface area contributed by atoms with E-state index in [4.69, 9.17) is 15.2 Å². The van der Waals surface area contributed by atoms with Crippen molar-refractivity contribution in [2.75, 3.05) is 13.2 Å². The monoisotopic (exact) mass is 193 g/mol. The predicted molar refractivity (Wildman–Crippen MR) is 53.8 cm³/mol. The molecule has 2 rings (SSSR count). The Balaban J connectivity index is 1.82. The van der Waals surface area contributed by atoms with E-state index >= 15 is 0 Å². The maximum atomic E-state index is 5.79. The lowest BCUT2D eigenvalue weighted by Crippen LogP contribution is -2.34. The number of benzene rings is 1. The van der Waals surface area contributed by atoms with Gasteiger partial charge in [-0.3, -0.25) is 0 Å². The maximum absolute atomic E-state index is 5.79. The lowest BCUT2D eigenvalue weighted by molar-refractivity contribution is 0.0265. The summed E-state index contributed by atoms with van der Waals surface area (Å²) in [6.45, 7) is 1.84. The van der Waals surface area contributed by atoms with Crippen LogP contribution in [-0.2, 0) is 16.1 Å². The molecule has 2 atom stereocenters. The van der Waals surface area contributed by atoms with Gasteiger partial charge in [0, 0.05) is 0 Å². The summed E-state index contributed by atoms with van der Waals surface area (Å²) < 4.78 is 10.9. The molecular formula is C11H15NO2. The normalized spacial score (nSPS) is 26.6. The number of hydrogen-bond donors (Lipinski definition) is 1. The van der Waals surface area contributed by atoms with Crippen LogP contribution < -0.4 is 5.73 Å². The predicted octanol–water partition coefficient (Wildman–Crippen LogP) is 0.929. The van der Waals surface area contributed by atoms with E-state index in [0.717, 1.165) is 0 Å². The summed E-state index contributed by atoms with van der Waals surface area (Å²) in [6.07, 6.45) is 0.0511. The third kappa shape index (κ3) is 2.32. The average molecular weight is 193 g/mol. The lowest BCUT2D eigenvalue weighted by atomic mass is 10.2. The summed E-state index contributed by atoms with van der Waals surface area (Å²) in [4.78, 5) is 0. The van der Waals surface area contributed by atoms with Crippen molar-refractivity contribution in [3.8, 4) is 0 Å².